The molecule has 0 heterocycles. The summed E-state index contributed by atoms with van der Waals surface area (Å²) in [5, 5.41) is 0. The van der Waals surface area contributed by atoms with Gasteiger partial charge < -0.3 is 4.74 Å². The first-order chi connectivity index (χ1) is 14.8. The van der Waals surface area contributed by atoms with Crippen LogP contribution >= 0.6 is 0 Å². The molecule has 4 atom stereocenters. The van der Waals surface area contributed by atoms with Gasteiger partial charge >= 0.3 is 6.36 Å². The van der Waals surface area contributed by atoms with Gasteiger partial charge in [-0.2, -0.15) is 0 Å². The van der Waals surface area contributed by atoms with Crippen LogP contribution in [0.15, 0.2) is 48.6 Å². The first-order valence-electron chi connectivity index (χ1n) is 10.8. The lowest BCUT2D eigenvalue weighted by Crippen LogP contribution is -2.35. The van der Waals surface area contributed by atoms with Crippen LogP contribution in [-0.4, -0.2) is 6.36 Å². The molecule has 0 N–H and O–H groups in total. The van der Waals surface area contributed by atoms with E-state index in [1.54, 1.807) is 12.1 Å². The molecule has 2 aromatic carbocycles. The van der Waals surface area contributed by atoms with E-state index in [0.29, 0.717) is 12.0 Å². The molecule has 0 amide bonds. The Labute approximate surface area is 178 Å². The first kappa shape index (κ1) is 21.8. The van der Waals surface area contributed by atoms with Crippen LogP contribution in [0.3, 0.4) is 0 Å². The minimum absolute atomic E-state index is 0.0383. The molecule has 2 aliphatic carbocycles. The normalized spacial score (nSPS) is 25.9. The molecule has 4 unspecified atom stereocenters. The molecule has 0 spiro atoms. The number of rotatable bonds is 4. The second kappa shape index (κ2) is 8.64. The predicted molar refractivity (Wildman–Crippen MR) is 109 cm³/mol. The number of fused-ring (bicyclic) bond motifs is 3. The maximum Gasteiger partial charge on any atom is 0.573 e. The predicted octanol–water partition coefficient (Wildman–Crippen LogP) is 7.67. The van der Waals surface area contributed by atoms with Gasteiger partial charge in [0.2, 0.25) is 0 Å². The Morgan fingerprint density at radius 1 is 1.03 bits per heavy atom. The van der Waals surface area contributed by atoms with E-state index in [1.807, 2.05) is 0 Å². The third kappa shape index (κ3) is 4.63. The van der Waals surface area contributed by atoms with Crippen molar-refractivity contribution in [3.05, 3.63) is 76.9 Å². The highest BCUT2D eigenvalue weighted by atomic mass is 19.4. The molecule has 31 heavy (non-hydrogen) atoms. The minimum Gasteiger partial charge on any atom is -0.406 e. The summed E-state index contributed by atoms with van der Waals surface area (Å²) in [4.78, 5) is 0. The van der Waals surface area contributed by atoms with E-state index < -0.39 is 18.0 Å². The molecule has 2 aromatic rings. The van der Waals surface area contributed by atoms with Crippen LogP contribution in [0.1, 0.15) is 61.1 Å². The Kier molecular flexibility index (Phi) is 6.09. The van der Waals surface area contributed by atoms with Crippen molar-refractivity contribution in [2.75, 3.05) is 0 Å². The number of alkyl halides is 3. The monoisotopic (exact) mass is 436 g/mol. The zero-order valence-electron chi connectivity index (χ0n) is 17.3. The van der Waals surface area contributed by atoms with Gasteiger partial charge in [-0.15, -0.1) is 13.2 Å². The Balaban J connectivity index is 1.69. The average molecular weight is 436 g/mol. The third-order valence-corrected chi connectivity index (χ3v) is 6.69. The fourth-order valence-corrected chi connectivity index (χ4v) is 5.54. The molecule has 0 saturated heterocycles. The van der Waals surface area contributed by atoms with Crippen molar-refractivity contribution in [1.29, 1.82) is 0 Å². The highest BCUT2D eigenvalue weighted by Crippen LogP contribution is 2.54. The largest absolute Gasteiger partial charge is 0.573 e. The van der Waals surface area contributed by atoms with E-state index in [4.69, 9.17) is 0 Å². The Morgan fingerprint density at radius 3 is 2.45 bits per heavy atom. The summed E-state index contributed by atoms with van der Waals surface area (Å²) >= 11 is 0. The standard InChI is InChI=1S/C25H25F5O/c1-2-3-4-15-7-10-19-21(12-11-20-22(19)13-17(26)14-23(20)27)24(15)16-5-8-18(9-6-16)31-25(28,29)30/h3-6,8-9,13-15,19,21,24H,2,7,10-12H2,1H3. The lowest BCUT2D eigenvalue weighted by molar-refractivity contribution is -0.274. The molecule has 1 nitrogen and oxygen atoms in total. The van der Waals surface area contributed by atoms with Crippen LogP contribution in [0.2, 0.25) is 0 Å². The lowest BCUT2D eigenvalue weighted by Gasteiger charge is -2.46. The SMILES string of the molecule is CCC=CC1CCC2c3cc(F)cc(F)c3CCC2C1c1ccc(OC(F)(F)F)cc1. The van der Waals surface area contributed by atoms with E-state index in [2.05, 4.69) is 23.8 Å². The maximum absolute atomic E-state index is 14.4. The van der Waals surface area contributed by atoms with Crippen LogP contribution < -0.4 is 4.74 Å². The fraction of sp³-hybridized carbons (Fsp3) is 0.440. The van der Waals surface area contributed by atoms with Gasteiger partial charge in [0.05, 0.1) is 0 Å². The molecule has 0 bridgehead atoms. The van der Waals surface area contributed by atoms with Crippen LogP contribution in [0, 0.1) is 23.5 Å². The van der Waals surface area contributed by atoms with E-state index >= 15 is 0 Å². The summed E-state index contributed by atoms with van der Waals surface area (Å²) in [6.07, 6.45) is 3.49. The van der Waals surface area contributed by atoms with Crippen LogP contribution in [-0.2, 0) is 6.42 Å². The Hall–Kier alpha value is -2.37. The van der Waals surface area contributed by atoms with E-state index in [-0.39, 0.29) is 29.4 Å². The molecule has 2 aliphatic rings. The third-order valence-electron chi connectivity index (χ3n) is 6.69. The second-order valence-electron chi connectivity index (χ2n) is 8.48. The van der Waals surface area contributed by atoms with Gasteiger partial charge in [0.25, 0.3) is 0 Å². The molecule has 0 aromatic heterocycles. The van der Waals surface area contributed by atoms with Crippen molar-refractivity contribution in [2.24, 2.45) is 11.8 Å². The number of ether oxygens (including phenoxy) is 1. The molecule has 0 aliphatic heterocycles. The second-order valence-corrected chi connectivity index (χ2v) is 8.48. The summed E-state index contributed by atoms with van der Waals surface area (Å²) in [5.41, 5.74) is 2.31. The van der Waals surface area contributed by atoms with Crippen molar-refractivity contribution in [2.45, 2.75) is 57.2 Å². The summed E-state index contributed by atoms with van der Waals surface area (Å²) in [7, 11) is 0. The van der Waals surface area contributed by atoms with Crippen molar-refractivity contribution in [3.8, 4) is 5.75 Å². The van der Waals surface area contributed by atoms with Gasteiger partial charge in [0, 0.05) is 6.07 Å². The van der Waals surface area contributed by atoms with Gasteiger partial charge in [-0.25, -0.2) is 8.78 Å². The fourth-order valence-electron chi connectivity index (χ4n) is 5.54. The maximum atomic E-state index is 14.4. The first-order valence-corrected chi connectivity index (χ1v) is 10.8. The topological polar surface area (TPSA) is 9.23 Å². The van der Waals surface area contributed by atoms with Gasteiger partial charge in [-0.1, -0.05) is 31.2 Å². The molecule has 4 rings (SSSR count). The van der Waals surface area contributed by atoms with Gasteiger partial charge in [-0.3, -0.25) is 0 Å². The molecule has 0 radical (unpaired) electrons. The van der Waals surface area contributed by atoms with E-state index in [0.717, 1.165) is 42.9 Å². The summed E-state index contributed by atoms with van der Waals surface area (Å²) in [6, 6.07) is 8.51. The Morgan fingerprint density at radius 2 is 1.77 bits per heavy atom. The lowest BCUT2D eigenvalue weighted by atomic mass is 9.58. The zero-order valence-corrected chi connectivity index (χ0v) is 17.3. The number of allylic oxidation sites excluding steroid dienone is 2. The molecule has 1 fully saturated rings. The average Bonchev–Trinajstić information content (AvgIpc) is 2.71. The smallest absolute Gasteiger partial charge is 0.406 e. The van der Waals surface area contributed by atoms with Crippen molar-refractivity contribution >= 4 is 0 Å². The molecular weight excluding hydrogens is 411 g/mol. The quantitative estimate of drug-likeness (QED) is 0.353. The summed E-state index contributed by atoms with van der Waals surface area (Å²) in [5.74, 6) is -0.777. The zero-order chi connectivity index (χ0) is 22.2. The molecule has 166 valence electrons. The minimum atomic E-state index is -4.73. The van der Waals surface area contributed by atoms with Crippen molar-refractivity contribution in [3.63, 3.8) is 0 Å². The van der Waals surface area contributed by atoms with Crippen molar-refractivity contribution < 1.29 is 26.7 Å². The molecule has 6 heteroatoms. The number of halogens is 5. The van der Waals surface area contributed by atoms with Gasteiger partial charge in [0.15, 0.2) is 0 Å². The number of hydrogen-bond acceptors (Lipinski definition) is 1. The molecular formula is C25H25F5O. The van der Waals surface area contributed by atoms with Crippen LogP contribution in [0.5, 0.6) is 5.75 Å². The highest BCUT2D eigenvalue weighted by Gasteiger charge is 2.43. The Bertz CT molecular complexity index is 948. The van der Waals surface area contributed by atoms with Crippen LogP contribution in [0.25, 0.3) is 0 Å². The van der Waals surface area contributed by atoms with E-state index in [1.165, 1.54) is 18.2 Å². The van der Waals surface area contributed by atoms with E-state index in [9.17, 15) is 22.0 Å². The van der Waals surface area contributed by atoms with Gasteiger partial charge in [-0.05, 0) is 90.7 Å². The number of benzene rings is 2. The summed E-state index contributed by atoms with van der Waals surface area (Å²) in [6.45, 7) is 2.06. The molecule has 1 saturated carbocycles. The van der Waals surface area contributed by atoms with Crippen molar-refractivity contribution in [1.82, 2.24) is 0 Å². The highest BCUT2D eigenvalue weighted by molar-refractivity contribution is 5.39. The summed E-state index contributed by atoms with van der Waals surface area (Å²) < 4.78 is 70.0. The number of hydrogen-bond donors (Lipinski definition) is 0. The van der Waals surface area contributed by atoms with Crippen LogP contribution in [0.4, 0.5) is 22.0 Å². The van der Waals surface area contributed by atoms with Gasteiger partial charge in [0.1, 0.15) is 17.4 Å².